The number of rotatable bonds is 10. The van der Waals surface area contributed by atoms with E-state index in [1.54, 1.807) is 19.5 Å². The predicted octanol–water partition coefficient (Wildman–Crippen LogP) is -0.220. The average Bonchev–Trinajstić information content (AvgIpc) is 2.42. The molecule has 0 unspecified atom stereocenters. The Kier molecular flexibility index (Phi) is 7.57. The number of aromatic nitrogens is 1. The third-order valence-electron chi connectivity index (χ3n) is 2.52. The first-order valence-electron chi connectivity index (χ1n) is 6.20. The number of hydrogen-bond donors (Lipinski definition) is 2. The van der Waals surface area contributed by atoms with E-state index >= 15 is 0 Å². The van der Waals surface area contributed by atoms with Crippen molar-refractivity contribution in [2.75, 3.05) is 39.1 Å². The molecule has 0 saturated carbocycles. The normalized spacial score (nSPS) is 11.6. The third kappa shape index (κ3) is 7.89. The van der Waals surface area contributed by atoms with Crippen LogP contribution < -0.4 is 10.0 Å². The molecular formula is C12H21N3O3S. The molecule has 19 heavy (non-hydrogen) atoms. The quantitative estimate of drug-likeness (QED) is 0.582. The van der Waals surface area contributed by atoms with Gasteiger partial charge < -0.3 is 10.1 Å². The first kappa shape index (κ1) is 16.0. The smallest absolute Gasteiger partial charge is 0.211 e. The van der Waals surface area contributed by atoms with Crippen molar-refractivity contribution in [1.82, 2.24) is 15.0 Å². The lowest BCUT2D eigenvalue weighted by Crippen LogP contribution is -2.34. The Bertz CT molecular complexity index is 437. The van der Waals surface area contributed by atoms with Crippen molar-refractivity contribution in [3.8, 4) is 0 Å². The number of hydrogen-bond acceptors (Lipinski definition) is 5. The lowest BCUT2D eigenvalue weighted by molar-refractivity contribution is 0.199. The Morgan fingerprint density at radius 2 is 1.95 bits per heavy atom. The fourth-order valence-corrected chi connectivity index (χ4v) is 2.53. The summed E-state index contributed by atoms with van der Waals surface area (Å²) in [5.41, 5.74) is 0.971. The lowest BCUT2D eigenvalue weighted by atomic mass is 10.2. The summed E-state index contributed by atoms with van der Waals surface area (Å²) in [6, 6.07) is 3.64. The van der Waals surface area contributed by atoms with Crippen molar-refractivity contribution in [2.24, 2.45) is 0 Å². The highest BCUT2D eigenvalue weighted by molar-refractivity contribution is 7.89. The van der Waals surface area contributed by atoms with Gasteiger partial charge >= 0.3 is 0 Å². The molecule has 7 heteroatoms. The fourth-order valence-electron chi connectivity index (χ4n) is 1.47. The molecule has 0 atom stereocenters. The van der Waals surface area contributed by atoms with Crippen LogP contribution in [-0.4, -0.2) is 52.5 Å². The number of sulfonamides is 1. The van der Waals surface area contributed by atoms with Gasteiger partial charge in [-0.3, -0.25) is 4.98 Å². The van der Waals surface area contributed by atoms with Crippen LogP contribution in [0.5, 0.6) is 0 Å². The maximum absolute atomic E-state index is 11.7. The average molecular weight is 287 g/mol. The van der Waals surface area contributed by atoms with Gasteiger partial charge in [0.2, 0.25) is 10.0 Å². The zero-order valence-corrected chi connectivity index (χ0v) is 11.9. The topological polar surface area (TPSA) is 80.3 Å². The Balaban J connectivity index is 2.17. The molecule has 0 aliphatic heterocycles. The second-order valence-electron chi connectivity index (χ2n) is 4.06. The molecular weight excluding hydrogens is 266 g/mol. The Morgan fingerprint density at radius 1 is 1.21 bits per heavy atom. The van der Waals surface area contributed by atoms with Crippen molar-refractivity contribution in [1.29, 1.82) is 0 Å². The maximum Gasteiger partial charge on any atom is 0.211 e. The molecule has 0 aliphatic rings. The van der Waals surface area contributed by atoms with Crippen LogP contribution in [0.25, 0.3) is 0 Å². The molecule has 1 aromatic heterocycles. The van der Waals surface area contributed by atoms with Crippen molar-refractivity contribution >= 4 is 10.0 Å². The van der Waals surface area contributed by atoms with Crippen LogP contribution in [0.3, 0.4) is 0 Å². The molecule has 0 amide bonds. The van der Waals surface area contributed by atoms with Crippen molar-refractivity contribution < 1.29 is 13.2 Å². The SMILES string of the molecule is COCCNCCNS(=O)(=O)CCc1ccncc1. The molecule has 1 heterocycles. The van der Waals surface area contributed by atoms with Crippen LogP contribution in [0, 0.1) is 0 Å². The monoisotopic (exact) mass is 287 g/mol. The minimum atomic E-state index is -3.21. The van der Waals surface area contributed by atoms with Gasteiger partial charge in [0.15, 0.2) is 0 Å². The zero-order valence-electron chi connectivity index (χ0n) is 11.1. The van der Waals surface area contributed by atoms with Crippen LogP contribution in [0.1, 0.15) is 5.56 Å². The minimum absolute atomic E-state index is 0.0923. The maximum atomic E-state index is 11.7. The van der Waals surface area contributed by atoms with E-state index in [0.717, 1.165) is 12.1 Å². The van der Waals surface area contributed by atoms with E-state index in [9.17, 15) is 8.42 Å². The van der Waals surface area contributed by atoms with Crippen molar-refractivity contribution in [3.05, 3.63) is 30.1 Å². The third-order valence-corrected chi connectivity index (χ3v) is 3.90. The summed E-state index contributed by atoms with van der Waals surface area (Å²) in [6.45, 7) is 2.32. The molecule has 0 aromatic carbocycles. The predicted molar refractivity (Wildman–Crippen MR) is 74.5 cm³/mol. The minimum Gasteiger partial charge on any atom is -0.383 e. The molecule has 0 saturated heterocycles. The summed E-state index contributed by atoms with van der Waals surface area (Å²) in [6.07, 6.45) is 3.82. The molecule has 1 rings (SSSR count). The summed E-state index contributed by atoms with van der Waals surface area (Å²) < 4.78 is 30.9. The highest BCUT2D eigenvalue weighted by atomic mass is 32.2. The number of ether oxygens (including phenoxy) is 1. The molecule has 6 nitrogen and oxygen atoms in total. The van der Waals surface area contributed by atoms with Crippen LogP contribution in [0.4, 0.5) is 0 Å². The van der Waals surface area contributed by atoms with Gasteiger partial charge in [-0.25, -0.2) is 13.1 Å². The van der Waals surface area contributed by atoms with Crippen LogP contribution >= 0.6 is 0 Å². The second kappa shape index (κ2) is 8.98. The van der Waals surface area contributed by atoms with Gasteiger partial charge in [-0.15, -0.1) is 0 Å². The van der Waals surface area contributed by atoms with Gasteiger partial charge in [0.25, 0.3) is 0 Å². The van der Waals surface area contributed by atoms with Crippen LogP contribution in [0.15, 0.2) is 24.5 Å². The summed E-state index contributed by atoms with van der Waals surface area (Å²) in [4.78, 5) is 3.89. The van der Waals surface area contributed by atoms with Gasteiger partial charge in [0.1, 0.15) is 0 Å². The molecule has 0 bridgehead atoms. The molecule has 0 fully saturated rings. The molecule has 0 radical (unpaired) electrons. The van der Waals surface area contributed by atoms with Crippen molar-refractivity contribution in [2.45, 2.75) is 6.42 Å². The van der Waals surface area contributed by atoms with E-state index < -0.39 is 10.0 Å². The number of methoxy groups -OCH3 is 1. The second-order valence-corrected chi connectivity index (χ2v) is 5.99. The van der Waals surface area contributed by atoms with E-state index in [1.807, 2.05) is 12.1 Å². The van der Waals surface area contributed by atoms with Crippen molar-refractivity contribution in [3.63, 3.8) is 0 Å². The van der Waals surface area contributed by atoms with Gasteiger partial charge in [-0.05, 0) is 24.1 Å². The Morgan fingerprint density at radius 3 is 2.63 bits per heavy atom. The van der Waals surface area contributed by atoms with Crippen LogP contribution in [0.2, 0.25) is 0 Å². The van der Waals surface area contributed by atoms with Gasteiger partial charge in [0.05, 0.1) is 12.4 Å². The molecule has 2 N–H and O–H groups in total. The Hall–Kier alpha value is -1.02. The lowest BCUT2D eigenvalue weighted by Gasteiger charge is -2.07. The first-order chi connectivity index (χ1) is 9.14. The van der Waals surface area contributed by atoms with Gasteiger partial charge in [0, 0.05) is 39.1 Å². The molecule has 1 aromatic rings. The summed E-state index contributed by atoms with van der Waals surface area (Å²) >= 11 is 0. The number of nitrogens with one attached hydrogen (secondary N) is 2. The molecule has 0 spiro atoms. The van der Waals surface area contributed by atoms with Gasteiger partial charge in [-0.2, -0.15) is 0 Å². The highest BCUT2D eigenvalue weighted by Crippen LogP contribution is 1.99. The standard InChI is InChI=1S/C12H21N3O3S/c1-18-10-9-14-7-8-15-19(16,17)11-4-12-2-5-13-6-3-12/h2-3,5-6,14-15H,4,7-11H2,1H3. The van der Waals surface area contributed by atoms with Gasteiger partial charge in [-0.1, -0.05) is 0 Å². The van der Waals surface area contributed by atoms with E-state index in [-0.39, 0.29) is 5.75 Å². The van der Waals surface area contributed by atoms with Crippen LogP contribution in [-0.2, 0) is 21.2 Å². The summed E-state index contributed by atoms with van der Waals surface area (Å²) in [5.74, 6) is 0.0923. The number of nitrogens with zero attached hydrogens (tertiary/aromatic N) is 1. The summed E-state index contributed by atoms with van der Waals surface area (Å²) in [5, 5.41) is 3.07. The van der Waals surface area contributed by atoms with E-state index in [1.165, 1.54) is 0 Å². The molecule has 108 valence electrons. The number of aryl methyl sites for hydroxylation is 1. The van der Waals surface area contributed by atoms with E-state index in [4.69, 9.17) is 4.74 Å². The van der Waals surface area contributed by atoms with E-state index in [2.05, 4.69) is 15.0 Å². The highest BCUT2D eigenvalue weighted by Gasteiger charge is 2.09. The fraction of sp³-hybridized carbons (Fsp3) is 0.583. The summed E-state index contributed by atoms with van der Waals surface area (Å²) in [7, 11) is -1.59. The largest absolute Gasteiger partial charge is 0.383 e. The zero-order chi connectivity index (χ0) is 14.0. The molecule has 0 aliphatic carbocycles. The van der Waals surface area contributed by atoms with E-state index in [0.29, 0.717) is 26.1 Å². The number of pyridine rings is 1. The first-order valence-corrected chi connectivity index (χ1v) is 7.85. The Labute approximate surface area is 114 Å².